The van der Waals surface area contributed by atoms with Crippen molar-refractivity contribution < 1.29 is 17.9 Å². The highest BCUT2D eigenvalue weighted by atomic mass is 79.9. The van der Waals surface area contributed by atoms with Crippen LogP contribution in [0.4, 0.5) is 0 Å². The van der Waals surface area contributed by atoms with Crippen LogP contribution in [-0.2, 0) is 16.4 Å². The van der Waals surface area contributed by atoms with Gasteiger partial charge < -0.3 is 14.5 Å². The molecule has 1 aliphatic rings. The minimum absolute atomic E-state index is 0.00514. The van der Waals surface area contributed by atoms with E-state index in [2.05, 4.69) is 31.0 Å². The molecule has 0 saturated carbocycles. The molecule has 0 saturated heterocycles. The Labute approximate surface area is 238 Å². The van der Waals surface area contributed by atoms with E-state index in [-0.39, 0.29) is 23.0 Å². The second kappa shape index (κ2) is 9.33. The van der Waals surface area contributed by atoms with Gasteiger partial charge in [-0.1, -0.05) is 42.5 Å². The molecule has 3 aromatic heterocycles. The van der Waals surface area contributed by atoms with Crippen molar-refractivity contribution in [2.24, 2.45) is 0 Å². The van der Waals surface area contributed by atoms with Crippen molar-refractivity contribution in [2.45, 2.75) is 17.4 Å². The van der Waals surface area contributed by atoms with E-state index in [9.17, 15) is 8.42 Å². The molecule has 6 aromatic rings. The average molecular weight is 619 g/mol. The van der Waals surface area contributed by atoms with Gasteiger partial charge in [-0.25, -0.2) is 17.9 Å². The number of nitrogens with zero attached hydrogens (tertiary/aromatic N) is 4. The first kappa shape index (κ1) is 25.1. The van der Waals surface area contributed by atoms with Crippen LogP contribution in [0.3, 0.4) is 0 Å². The minimum Gasteiger partial charge on any atom is -0.497 e. The highest BCUT2D eigenvalue weighted by Crippen LogP contribution is 2.45. The molecule has 3 aromatic carbocycles. The van der Waals surface area contributed by atoms with E-state index >= 15 is 0 Å². The molecule has 1 unspecified atom stereocenters. The Balaban J connectivity index is 1.50. The molecule has 202 valence electrons. The summed E-state index contributed by atoms with van der Waals surface area (Å²) in [5.74, 6) is 0.744. The van der Waals surface area contributed by atoms with Gasteiger partial charge in [-0.2, -0.15) is 4.31 Å². The van der Waals surface area contributed by atoms with E-state index < -0.39 is 16.1 Å². The predicted molar refractivity (Wildman–Crippen MR) is 155 cm³/mol. The number of benzene rings is 3. The Morgan fingerprint density at radius 2 is 1.85 bits per heavy atom. The Hall–Kier alpha value is -3.93. The normalized spacial score (nSPS) is 16.0. The van der Waals surface area contributed by atoms with Crippen molar-refractivity contribution in [2.75, 3.05) is 20.8 Å². The fourth-order valence-electron chi connectivity index (χ4n) is 5.78. The maximum Gasteiger partial charge on any atom is 0.255 e. The largest absolute Gasteiger partial charge is 0.497 e. The lowest BCUT2D eigenvalue weighted by molar-refractivity contribution is 0.337. The van der Waals surface area contributed by atoms with E-state index in [1.165, 1.54) is 11.6 Å². The van der Waals surface area contributed by atoms with Gasteiger partial charge in [-0.05, 0) is 62.4 Å². The minimum atomic E-state index is -4.16. The quantitative estimate of drug-likeness (QED) is 0.275. The fourth-order valence-corrected chi connectivity index (χ4v) is 7.86. The molecule has 1 N–H and O–H groups in total. The zero-order valence-electron chi connectivity index (χ0n) is 21.6. The van der Waals surface area contributed by atoms with Crippen molar-refractivity contribution >= 4 is 53.3 Å². The van der Waals surface area contributed by atoms with Gasteiger partial charge in [0.1, 0.15) is 5.75 Å². The molecule has 0 aliphatic carbocycles. The molecular weight excluding hydrogens is 594 g/mol. The Morgan fingerprint density at radius 1 is 1.02 bits per heavy atom. The first-order chi connectivity index (χ1) is 19.4. The van der Waals surface area contributed by atoms with Crippen LogP contribution in [0.15, 0.2) is 82.4 Å². The highest BCUT2D eigenvalue weighted by Gasteiger charge is 2.43. The summed E-state index contributed by atoms with van der Waals surface area (Å²) < 4.78 is 44.0. The number of nitrogens with one attached hydrogen (secondary N) is 1. The van der Waals surface area contributed by atoms with Crippen molar-refractivity contribution in [1.29, 1.82) is 0 Å². The van der Waals surface area contributed by atoms with E-state index in [1.54, 1.807) is 23.8 Å². The molecule has 0 bridgehead atoms. The highest BCUT2D eigenvalue weighted by molar-refractivity contribution is 9.10. The lowest BCUT2D eigenvalue weighted by atomic mass is 9.91. The van der Waals surface area contributed by atoms with E-state index in [0.29, 0.717) is 10.9 Å². The summed E-state index contributed by atoms with van der Waals surface area (Å²) in [6, 6.07) is 19.3. The predicted octanol–water partition coefficient (Wildman–Crippen LogP) is 5.48. The van der Waals surface area contributed by atoms with Gasteiger partial charge in [0.25, 0.3) is 15.9 Å². The number of ether oxygens (including phenoxy) is 2. The zero-order chi connectivity index (χ0) is 27.6. The van der Waals surface area contributed by atoms with Gasteiger partial charge in [0.2, 0.25) is 0 Å². The first-order valence-corrected chi connectivity index (χ1v) is 14.9. The van der Waals surface area contributed by atoms with Gasteiger partial charge in [0, 0.05) is 35.5 Å². The topological polar surface area (TPSA) is 102 Å². The summed E-state index contributed by atoms with van der Waals surface area (Å²) in [7, 11) is -1.10. The van der Waals surface area contributed by atoms with E-state index in [0.717, 1.165) is 44.2 Å². The van der Waals surface area contributed by atoms with Crippen molar-refractivity contribution in [3.05, 3.63) is 94.4 Å². The zero-order valence-corrected chi connectivity index (χ0v) is 24.0. The third kappa shape index (κ3) is 3.72. The maximum atomic E-state index is 14.7. The van der Waals surface area contributed by atoms with Crippen LogP contribution in [0.25, 0.3) is 27.3 Å². The van der Waals surface area contributed by atoms with Gasteiger partial charge in [-0.3, -0.25) is 0 Å². The number of aromatic nitrogens is 4. The van der Waals surface area contributed by atoms with Crippen LogP contribution >= 0.6 is 15.9 Å². The average Bonchev–Trinajstić information content (AvgIpc) is 3.54. The van der Waals surface area contributed by atoms with Crippen LogP contribution in [-0.4, -0.2) is 53.1 Å². The van der Waals surface area contributed by atoms with Gasteiger partial charge >= 0.3 is 0 Å². The van der Waals surface area contributed by atoms with Crippen molar-refractivity contribution in [3.63, 3.8) is 0 Å². The number of rotatable bonds is 5. The molecule has 0 radical (unpaired) electrons. The summed E-state index contributed by atoms with van der Waals surface area (Å²) in [5, 5.41) is 7.41. The van der Waals surface area contributed by atoms with Gasteiger partial charge in [-0.15, -0.1) is 5.10 Å². The van der Waals surface area contributed by atoms with Crippen LogP contribution in [0.5, 0.6) is 11.6 Å². The van der Waals surface area contributed by atoms with Crippen molar-refractivity contribution in [1.82, 2.24) is 23.9 Å². The van der Waals surface area contributed by atoms with E-state index in [4.69, 9.17) is 9.47 Å². The Morgan fingerprint density at radius 3 is 2.67 bits per heavy atom. The fraction of sp³-hybridized carbons (Fsp3) is 0.172. The number of H-pyrrole nitrogens is 1. The SMILES string of the molecule is COc1ccc2[nH]c3c(c2c1)CCN(S(=O)(=O)c1c(OC)nn2cc(Br)cnc12)C3c1cccc2ccccc12. The summed E-state index contributed by atoms with van der Waals surface area (Å²) in [6.45, 7) is 0.254. The Bertz CT molecular complexity index is 2050. The van der Waals surface area contributed by atoms with Gasteiger partial charge in [0.05, 0.1) is 24.7 Å². The van der Waals surface area contributed by atoms with Gasteiger partial charge in [0.15, 0.2) is 10.5 Å². The molecule has 1 atom stereocenters. The molecular formula is C29H24BrN5O4S. The molecule has 4 heterocycles. The first-order valence-electron chi connectivity index (χ1n) is 12.7. The summed E-state index contributed by atoms with van der Waals surface area (Å²) in [6.07, 6.45) is 3.73. The third-order valence-corrected chi connectivity index (χ3v) is 9.83. The number of hydrogen-bond donors (Lipinski definition) is 1. The number of methoxy groups -OCH3 is 2. The lowest BCUT2D eigenvalue weighted by Gasteiger charge is -2.35. The van der Waals surface area contributed by atoms with Crippen molar-refractivity contribution in [3.8, 4) is 11.6 Å². The molecule has 0 spiro atoms. The Kier molecular flexibility index (Phi) is 5.84. The van der Waals surface area contributed by atoms with Crippen LogP contribution < -0.4 is 9.47 Å². The number of halogens is 1. The number of aromatic amines is 1. The number of sulfonamides is 1. The van der Waals surface area contributed by atoms with Crippen LogP contribution in [0.2, 0.25) is 0 Å². The maximum absolute atomic E-state index is 14.7. The standard InChI is InChI=1S/C29H24BrN5O4S/c1-38-19-10-11-24-23(14-19)21-12-13-35(26(25(21)32-24)22-9-5-7-17-6-3-4-8-20(17)22)40(36,37)27-28-31-15-18(30)16-34(28)33-29(27)39-2/h3-11,14-16,26,32H,12-13H2,1-2H3. The molecule has 9 nitrogen and oxygen atoms in total. The molecule has 0 amide bonds. The van der Waals surface area contributed by atoms with Crippen LogP contribution in [0, 0.1) is 0 Å². The number of hydrogen-bond acceptors (Lipinski definition) is 6. The van der Waals surface area contributed by atoms with Crippen LogP contribution in [0.1, 0.15) is 22.9 Å². The monoisotopic (exact) mass is 617 g/mol. The summed E-state index contributed by atoms with van der Waals surface area (Å²) in [5.41, 5.74) is 3.92. The molecule has 1 aliphatic heterocycles. The molecule has 0 fully saturated rings. The lowest BCUT2D eigenvalue weighted by Crippen LogP contribution is -2.40. The molecule has 7 rings (SSSR count). The smallest absolute Gasteiger partial charge is 0.255 e. The summed E-state index contributed by atoms with van der Waals surface area (Å²) >= 11 is 3.39. The molecule has 11 heteroatoms. The molecule has 40 heavy (non-hydrogen) atoms. The third-order valence-electron chi connectivity index (χ3n) is 7.54. The second-order valence-corrected chi connectivity index (χ2v) is 12.4. The van der Waals surface area contributed by atoms with E-state index in [1.807, 2.05) is 60.7 Å². The summed E-state index contributed by atoms with van der Waals surface area (Å²) in [4.78, 5) is 7.91. The second-order valence-electron chi connectivity index (χ2n) is 9.64. The number of fused-ring (bicyclic) bond motifs is 5.